The third-order valence-corrected chi connectivity index (χ3v) is 10.2. The van der Waals surface area contributed by atoms with Gasteiger partial charge in [-0.15, -0.1) is 0 Å². The Kier molecular flexibility index (Phi) is 10.9. The van der Waals surface area contributed by atoms with E-state index in [0.717, 1.165) is 64.6 Å². The summed E-state index contributed by atoms with van der Waals surface area (Å²) in [7, 11) is 0. The van der Waals surface area contributed by atoms with Crippen LogP contribution in [0.1, 0.15) is 90.6 Å². The van der Waals surface area contributed by atoms with Crippen LogP contribution in [0.4, 0.5) is 11.6 Å². The van der Waals surface area contributed by atoms with Gasteiger partial charge in [0, 0.05) is 42.5 Å². The van der Waals surface area contributed by atoms with Crippen LogP contribution >= 0.6 is 0 Å². The van der Waals surface area contributed by atoms with Crippen LogP contribution in [0, 0.1) is 34.5 Å². The molecule has 1 amide bonds. The number of nitrogens with one attached hydrogen (secondary N) is 3. The number of fused-ring (bicyclic) bond motifs is 2. The summed E-state index contributed by atoms with van der Waals surface area (Å²) in [5.74, 6) is 1.63. The van der Waals surface area contributed by atoms with Crippen LogP contribution in [-0.4, -0.2) is 55.4 Å². The van der Waals surface area contributed by atoms with E-state index in [9.17, 15) is 15.3 Å². The largest absolute Gasteiger partial charge is 0.382 e. The number of aromatic nitrogens is 10. The second kappa shape index (κ2) is 15.9. The quantitative estimate of drug-likeness (QED) is 0.120. The maximum atomic E-state index is 11.7. The SMILES string of the molecule is C.CC(=O)Nc1nn([C@@H](CC#N)C2CCCC2)cc1-c1ncnc2[nH]ccc12.N#CC[C@H](C1CCCC1)n1cc(-c2ncnc3[nH]ccc23)c(N)n1. The van der Waals surface area contributed by atoms with Gasteiger partial charge in [-0.1, -0.05) is 33.1 Å². The minimum absolute atomic E-state index is 0. The lowest BCUT2D eigenvalue weighted by atomic mass is 9.96. The number of amides is 1. The minimum Gasteiger partial charge on any atom is -0.382 e. The summed E-state index contributed by atoms with van der Waals surface area (Å²) in [6, 6.07) is 8.53. The van der Waals surface area contributed by atoms with Gasteiger partial charge in [-0.05, 0) is 49.7 Å². The number of nitrogens with two attached hydrogens (primary N) is 1. The normalized spacial score (nSPS) is 15.8. The van der Waals surface area contributed by atoms with Crippen LogP contribution in [0.3, 0.4) is 0 Å². The van der Waals surface area contributed by atoms with Crippen molar-refractivity contribution >= 4 is 39.6 Å². The molecule has 2 saturated carbocycles. The molecule has 0 radical (unpaired) electrons. The maximum absolute atomic E-state index is 11.7. The molecular weight excluding hydrogens is 657 g/mol. The van der Waals surface area contributed by atoms with E-state index in [2.05, 4.69) is 57.6 Å². The van der Waals surface area contributed by atoms with Crippen molar-refractivity contribution < 1.29 is 4.79 Å². The molecule has 15 nitrogen and oxygen atoms in total. The molecule has 0 saturated heterocycles. The third-order valence-electron chi connectivity index (χ3n) is 10.2. The first kappa shape index (κ1) is 35.7. The van der Waals surface area contributed by atoms with E-state index in [1.54, 1.807) is 0 Å². The lowest BCUT2D eigenvalue weighted by Gasteiger charge is -2.21. The smallest absolute Gasteiger partial charge is 0.222 e. The van der Waals surface area contributed by atoms with Crippen LogP contribution in [-0.2, 0) is 4.79 Å². The van der Waals surface area contributed by atoms with Gasteiger partial charge in [-0.2, -0.15) is 20.7 Å². The number of nitriles is 2. The molecule has 6 aromatic rings. The fraction of sp³-hybridized carbons (Fsp3) is 0.432. The highest BCUT2D eigenvalue weighted by Gasteiger charge is 2.30. The second-order valence-electron chi connectivity index (χ2n) is 13.3. The number of aromatic amines is 2. The number of anilines is 2. The van der Waals surface area contributed by atoms with Crippen LogP contribution in [0.25, 0.3) is 44.6 Å². The van der Waals surface area contributed by atoms with E-state index in [4.69, 9.17) is 5.73 Å². The summed E-state index contributed by atoms with van der Waals surface area (Å²) in [6.07, 6.45) is 20.7. The van der Waals surface area contributed by atoms with Crippen LogP contribution in [0.2, 0.25) is 0 Å². The lowest BCUT2D eigenvalue weighted by molar-refractivity contribution is -0.114. The third kappa shape index (κ3) is 7.21. The number of nitrogen functional groups attached to an aromatic ring is 1. The molecule has 0 aliphatic heterocycles. The molecule has 6 heterocycles. The predicted molar refractivity (Wildman–Crippen MR) is 198 cm³/mol. The van der Waals surface area contributed by atoms with Crippen LogP contribution < -0.4 is 11.1 Å². The fourth-order valence-electron chi connectivity index (χ4n) is 7.75. The van der Waals surface area contributed by atoms with Gasteiger partial charge in [0.15, 0.2) is 11.6 Å². The zero-order valence-corrected chi connectivity index (χ0v) is 28.5. The van der Waals surface area contributed by atoms with Crippen molar-refractivity contribution in [3.05, 3.63) is 49.6 Å². The maximum Gasteiger partial charge on any atom is 0.222 e. The Morgan fingerprint density at radius 3 is 1.81 bits per heavy atom. The summed E-state index contributed by atoms with van der Waals surface area (Å²) in [6.45, 7) is 1.46. The van der Waals surface area contributed by atoms with Gasteiger partial charge in [-0.25, -0.2) is 19.9 Å². The zero-order valence-electron chi connectivity index (χ0n) is 28.5. The number of carbonyl (C=O) groups excluding carboxylic acids is 1. The first-order valence-corrected chi connectivity index (χ1v) is 17.5. The molecule has 0 aromatic carbocycles. The van der Waals surface area contributed by atoms with Crippen molar-refractivity contribution in [2.24, 2.45) is 11.8 Å². The average Bonchev–Trinajstić information content (AvgIpc) is 3.97. The molecule has 2 atom stereocenters. The highest BCUT2D eigenvalue weighted by atomic mass is 16.1. The zero-order chi connectivity index (χ0) is 35.3. The number of carbonyl (C=O) groups is 1. The molecule has 0 spiro atoms. The monoisotopic (exact) mass is 700 g/mol. The van der Waals surface area contributed by atoms with Crippen molar-refractivity contribution in [1.29, 1.82) is 10.5 Å². The number of H-pyrrole nitrogens is 2. The molecule has 6 aromatic heterocycles. The minimum atomic E-state index is -0.196. The number of nitrogens with zero attached hydrogens (tertiary/aromatic N) is 10. The van der Waals surface area contributed by atoms with E-state index >= 15 is 0 Å². The Morgan fingerprint density at radius 1 is 0.827 bits per heavy atom. The molecule has 2 aliphatic carbocycles. The topological polar surface area (TPSA) is 221 Å². The summed E-state index contributed by atoms with van der Waals surface area (Å²) >= 11 is 0. The molecule has 52 heavy (non-hydrogen) atoms. The van der Waals surface area contributed by atoms with Gasteiger partial charge in [0.2, 0.25) is 5.91 Å². The van der Waals surface area contributed by atoms with E-state index in [1.165, 1.54) is 45.3 Å². The second-order valence-corrected chi connectivity index (χ2v) is 13.3. The van der Waals surface area contributed by atoms with Crippen molar-refractivity contribution in [2.75, 3.05) is 11.1 Å². The lowest BCUT2D eigenvalue weighted by Crippen LogP contribution is -2.18. The predicted octanol–water partition coefficient (Wildman–Crippen LogP) is 7.11. The molecule has 268 valence electrons. The number of hydrogen-bond donors (Lipinski definition) is 4. The summed E-state index contributed by atoms with van der Waals surface area (Å²) in [5, 5.41) is 32.3. The summed E-state index contributed by atoms with van der Waals surface area (Å²) < 4.78 is 3.73. The Labute approximate surface area is 301 Å². The number of hydrogen-bond acceptors (Lipinski definition) is 10. The van der Waals surface area contributed by atoms with E-state index < -0.39 is 0 Å². The van der Waals surface area contributed by atoms with Crippen LogP contribution in [0.15, 0.2) is 49.6 Å². The van der Waals surface area contributed by atoms with E-state index in [1.807, 2.05) is 46.3 Å². The molecule has 2 fully saturated rings. The van der Waals surface area contributed by atoms with Crippen molar-refractivity contribution in [3.8, 4) is 34.7 Å². The van der Waals surface area contributed by atoms with Gasteiger partial charge in [-0.3, -0.25) is 14.2 Å². The highest BCUT2D eigenvalue weighted by molar-refractivity contribution is 5.98. The molecule has 8 rings (SSSR count). The first-order valence-electron chi connectivity index (χ1n) is 17.5. The molecule has 2 aliphatic rings. The Hall–Kier alpha value is -6.09. The summed E-state index contributed by atoms with van der Waals surface area (Å²) in [5.41, 5.74) is 10.7. The number of rotatable bonds is 9. The molecule has 15 heteroatoms. The van der Waals surface area contributed by atoms with Crippen molar-refractivity contribution in [3.63, 3.8) is 0 Å². The van der Waals surface area contributed by atoms with Crippen molar-refractivity contribution in [1.82, 2.24) is 49.5 Å². The van der Waals surface area contributed by atoms with Crippen LogP contribution in [0.5, 0.6) is 0 Å². The Morgan fingerprint density at radius 2 is 1.31 bits per heavy atom. The van der Waals surface area contributed by atoms with Crippen molar-refractivity contribution in [2.45, 2.75) is 90.6 Å². The molecule has 0 unspecified atom stereocenters. The van der Waals surface area contributed by atoms with E-state index in [-0.39, 0.29) is 25.4 Å². The Bertz CT molecular complexity index is 2220. The molecule has 0 bridgehead atoms. The Balaban J connectivity index is 0.000000176. The van der Waals surface area contributed by atoms with E-state index in [0.29, 0.717) is 42.0 Å². The molecular formula is C37H44N14O. The standard InChI is InChI=1S/C19H21N7O.C17H19N7.CH4/c1-12(27)24-19-15(17-14-7-9-21-18(14)23-11-22-17)10-26(25-19)16(6-8-20)13-4-2-3-5-13;18-7-5-14(11-3-1-2-4-11)24-9-13(16(19)23-24)15-12-6-8-20-17(12)22-10-21-15;/h7,9-11,13,16H,2-6H2,1H3,(H,21,22,23)(H,24,25,27);6,8-11,14H,1-5H2,(H2,19,23)(H,20,21,22);1H4/t16-;14-;/m01./s1. The first-order chi connectivity index (χ1) is 24.9. The fourth-order valence-corrected chi connectivity index (χ4v) is 7.75. The highest BCUT2D eigenvalue weighted by Crippen LogP contribution is 2.40. The molecule has 5 N–H and O–H groups in total. The summed E-state index contributed by atoms with van der Waals surface area (Å²) in [4.78, 5) is 35.1. The van der Waals surface area contributed by atoms with Gasteiger partial charge in [0.05, 0.1) is 59.6 Å². The van der Waals surface area contributed by atoms with Gasteiger partial charge in [0.25, 0.3) is 0 Å². The van der Waals surface area contributed by atoms with Gasteiger partial charge in [0.1, 0.15) is 23.9 Å². The average molecular weight is 701 g/mol. The van der Waals surface area contributed by atoms with Gasteiger partial charge < -0.3 is 21.0 Å². The van der Waals surface area contributed by atoms with Gasteiger partial charge >= 0.3 is 0 Å².